The number of hydrogen-bond acceptors (Lipinski definition) is 3. The molecule has 2 N–H and O–H groups in total. The molecule has 3 nitrogen and oxygen atoms in total. The highest BCUT2D eigenvalue weighted by Gasteiger charge is 2.17. The highest BCUT2D eigenvalue weighted by atomic mass is 16.5. The van der Waals surface area contributed by atoms with Gasteiger partial charge in [0.05, 0.1) is 13.2 Å². The van der Waals surface area contributed by atoms with Crippen LogP contribution in [-0.4, -0.2) is 25.9 Å². The summed E-state index contributed by atoms with van der Waals surface area (Å²) >= 11 is 0. The van der Waals surface area contributed by atoms with Crippen LogP contribution in [0.1, 0.15) is 24.5 Å². The van der Waals surface area contributed by atoms with Crippen molar-refractivity contribution in [3.05, 3.63) is 29.3 Å². The molecule has 0 aliphatic carbocycles. The molecule has 1 aromatic carbocycles. The fourth-order valence-electron chi connectivity index (χ4n) is 2.28. The van der Waals surface area contributed by atoms with Crippen LogP contribution in [0.3, 0.4) is 0 Å². The van der Waals surface area contributed by atoms with Crippen LogP contribution in [0.2, 0.25) is 0 Å². The lowest BCUT2D eigenvalue weighted by molar-refractivity contribution is 0.166. The molecule has 1 aliphatic rings. The molecule has 2 unspecified atom stereocenters. The zero-order chi connectivity index (χ0) is 13.0. The predicted molar refractivity (Wildman–Crippen MR) is 73.0 cm³/mol. The Kier molecular flexibility index (Phi) is 4.61. The molecule has 0 radical (unpaired) electrons. The Morgan fingerprint density at radius 2 is 2.33 bits per heavy atom. The molecule has 0 bridgehead atoms. The molecule has 1 aliphatic heterocycles. The maximum absolute atomic E-state index is 5.94. The topological polar surface area (TPSA) is 44.5 Å². The van der Waals surface area contributed by atoms with Gasteiger partial charge >= 0.3 is 0 Å². The van der Waals surface area contributed by atoms with Gasteiger partial charge in [0, 0.05) is 18.6 Å². The van der Waals surface area contributed by atoms with Crippen molar-refractivity contribution in [3.8, 4) is 5.75 Å². The summed E-state index contributed by atoms with van der Waals surface area (Å²) in [6.07, 6.45) is 1.96. The first kappa shape index (κ1) is 13.4. The molecule has 1 saturated heterocycles. The molecule has 18 heavy (non-hydrogen) atoms. The van der Waals surface area contributed by atoms with Crippen LogP contribution in [-0.2, 0) is 11.2 Å². The van der Waals surface area contributed by atoms with Gasteiger partial charge in [0.2, 0.25) is 0 Å². The van der Waals surface area contributed by atoms with Gasteiger partial charge in [0.1, 0.15) is 5.75 Å². The van der Waals surface area contributed by atoms with E-state index in [-0.39, 0.29) is 6.04 Å². The lowest BCUT2D eigenvalue weighted by atomic mass is 10.0. The number of nitrogens with two attached hydrogens (primary N) is 1. The van der Waals surface area contributed by atoms with E-state index in [0.717, 1.165) is 38.4 Å². The molecule has 2 atom stereocenters. The van der Waals surface area contributed by atoms with Gasteiger partial charge in [-0.1, -0.05) is 17.7 Å². The van der Waals surface area contributed by atoms with Crippen LogP contribution < -0.4 is 10.5 Å². The summed E-state index contributed by atoms with van der Waals surface area (Å²) in [5, 5.41) is 0. The summed E-state index contributed by atoms with van der Waals surface area (Å²) in [6.45, 7) is 6.56. The van der Waals surface area contributed by atoms with Gasteiger partial charge in [-0.3, -0.25) is 0 Å². The lowest BCUT2D eigenvalue weighted by Gasteiger charge is -2.16. The Bertz CT molecular complexity index is 384. The summed E-state index contributed by atoms with van der Waals surface area (Å²) in [6, 6.07) is 6.47. The predicted octanol–water partition coefficient (Wildman–Crippen LogP) is 2.30. The van der Waals surface area contributed by atoms with Crippen LogP contribution in [0.25, 0.3) is 0 Å². The molecule has 3 heteroatoms. The summed E-state index contributed by atoms with van der Waals surface area (Å²) in [4.78, 5) is 0. The SMILES string of the molecule is Cc1ccc(OCC2CCOC2)c(CC(C)N)c1. The van der Waals surface area contributed by atoms with Crippen LogP contribution in [0, 0.1) is 12.8 Å². The molecular formula is C15H23NO2. The second-order valence-corrected chi connectivity index (χ2v) is 5.33. The second-order valence-electron chi connectivity index (χ2n) is 5.33. The first-order chi connectivity index (χ1) is 8.65. The van der Waals surface area contributed by atoms with E-state index in [9.17, 15) is 0 Å². The largest absolute Gasteiger partial charge is 0.493 e. The van der Waals surface area contributed by atoms with Gasteiger partial charge in [0.25, 0.3) is 0 Å². The fourth-order valence-corrected chi connectivity index (χ4v) is 2.28. The fraction of sp³-hybridized carbons (Fsp3) is 0.600. The monoisotopic (exact) mass is 249 g/mol. The molecular weight excluding hydrogens is 226 g/mol. The van der Waals surface area contributed by atoms with Gasteiger partial charge in [-0.05, 0) is 38.3 Å². The average Bonchev–Trinajstić information content (AvgIpc) is 2.80. The van der Waals surface area contributed by atoms with Crippen LogP contribution >= 0.6 is 0 Å². The molecule has 2 rings (SSSR count). The first-order valence-electron chi connectivity index (χ1n) is 6.71. The Morgan fingerprint density at radius 1 is 1.50 bits per heavy atom. The Morgan fingerprint density at radius 3 is 3.00 bits per heavy atom. The van der Waals surface area contributed by atoms with E-state index in [4.69, 9.17) is 15.2 Å². The molecule has 100 valence electrons. The van der Waals surface area contributed by atoms with Crippen molar-refractivity contribution in [1.29, 1.82) is 0 Å². The summed E-state index contributed by atoms with van der Waals surface area (Å²) < 4.78 is 11.3. The van der Waals surface area contributed by atoms with Crippen LogP contribution in [0.4, 0.5) is 0 Å². The van der Waals surface area contributed by atoms with E-state index in [1.165, 1.54) is 11.1 Å². The average molecular weight is 249 g/mol. The highest BCUT2D eigenvalue weighted by molar-refractivity contribution is 5.37. The van der Waals surface area contributed by atoms with Crippen molar-refractivity contribution >= 4 is 0 Å². The molecule has 0 amide bonds. The van der Waals surface area contributed by atoms with Crippen LogP contribution in [0.15, 0.2) is 18.2 Å². The van der Waals surface area contributed by atoms with Crippen molar-refractivity contribution < 1.29 is 9.47 Å². The van der Waals surface area contributed by atoms with Crippen molar-refractivity contribution in [3.63, 3.8) is 0 Å². The van der Waals surface area contributed by atoms with Crippen molar-refractivity contribution in [2.75, 3.05) is 19.8 Å². The maximum atomic E-state index is 5.94. The van der Waals surface area contributed by atoms with Gasteiger partial charge in [-0.15, -0.1) is 0 Å². The van der Waals surface area contributed by atoms with E-state index >= 15 is 0 Å². The highest BCUT2D eigenvalue weighted by Crippen LogP contribution is 2.23. The summed E-state index contributed by atoms with van der Waals surface area (Å²) in [5.41, 5.74) is 8.35. The zero-order valence-electron chi connectivity index (χ0n) is 11.3. The number of hydrogen-bond donors (Lipinski definition) is 1. The Labute approximate surface area is 109 Å². The number of ether oxygens (including phenoxy) is 2. The molecule has 0 spiro atoms. The third-order valence-corrected chi connectivity index (χ3v) is 3.26. The summed E-state index contributed by atoms with van der Waals surface area (Å²) in [5.74, 6) is 1.51. The van der Waals surface area contributed by atoms with E-state index in [1.807, 2.05) is 6.92 Å². The van der Waals surface area contributed by atoms with E-state index < -0.39 is 0 Å². The molecule has 1 fully saturated rings. The Balaban J connectivity index is 2.00. The number of aryl methyl sites for hydroxylation is 1. The van der Waals surface area contributed by atoms with Gasteiger partial charge in [-0.25, -0.2) is 0 Å². The molecule has 0 saturated carbocycles. The minimum atomic E-state index is 0.156. The first-order valence-corrected chi connectivity index (χ1v) is 6.71. The molecule has 1 aromatic rings. The van der Waals surface area contributed by atoms with Gasteiger partial charge < -0.3 is 15.2 Å². The molecule has 1 heterocycles. The van der Waals surface area contributed by atoms with Crippen molar-refractivity contribution in [2.24, 2.45) is 11.7 Å². The van der Waals surface area contributed by atoms with E-state index in [0.29, 0.717) is 5.92 Å². The number of benzene rings is 1. The zero-order valence-corrected chi connectivity index (χ0v) is 11.3. The Hall–Kier alpha value is -1.06. The standard InChI is InChI=1S/C15H23NO2/c1-11-3-4-15(14(7-11)8-12(2)16)18-10-13-5-6-17-9-13/h3-4,7,12-13H,5-6,8-10,16H2,1-2H3. The minimum absolute atomic E-state index is 0.156. The summed E-state index contributed by atoms with van der Waals surface area (Å²) in [7, 11) is 0. The van der Waals surface area contributed by atoms with Crippen molar-refractivity contribution in [2.45, 2.75) is 32.7 Å². The van der Waals surface area contributed by atoms with Gasteiger partial charge in [-0.2, -0.15) is 0 Å². The number of rotatable bonds is 5. The van der Waals surface area contributed by atoms with E-state index in [1.54, 1.807) is 0 Å². The normalized spacial score (nSPS) is 20.9. The van der Waals surface area contributed by atoms with Crippen LogP contribution in [0.5, 0.6) is 5.75 Å². The second kappa shape index (κ2) is 6.21. The maximum Gasteiger partial charge on any atom is 0.122 e. The smallest absolute Gasteiger partial charge is 0.122 e. The van der Waals surface area contributed by atoms with Crippen molar-refractivity contribution in [1.82, 2.24) is 0 Å². The van der Waals surface area contributed by atoms with Gasteiger partial charge in [0.15, 0.2) is 0 Å². The lowest BCUT2D eigenvalue weighted by Crippen LogP contribution is -2.19. The third-order valence-electron chi connectivity index (χ3n) is 3.26. The molecule has 0 aromatic heterocycles. The third kappa shape index (κ3) is 3.72. The minimum Gasteiger partial charge on any atom is -0.493 e. The van der Waals surface area contributed by atoms with E-state index in [2.05, 4.69) is 25.1 Å². The quantitative estimate of drug-likeness (QED) is 0.871.